The molecule has 0 aliphatic rings. The van der Waals surface area contributed by atoms with Crippen LogP contribution in [0.3, 0.4) is 0 Å². The number of rotatable bonds is 7. The maximum Gasteiger partial charge on any atom is 0.270 e. The molecule has 2 aromatic heterocycles. The van der Waals surface area contributed by atoms with Crippen molar-refractivity contribution in [2.75, 3.05) is 18.1 Å². The first-order chi connectivity index (χ1) is 10.8. The second kappa shape index (κ2) is 7.18. The highest BCUT2D eigenvalue weighted by Gasteiger charge is 2.34. The molecule has 0 radical (unpaired) electrons. The predicted octanol–water partition coefficient (Wildman–Crippen LogP) is 2.96. The van der Waals surface area contributed by atoms with Crippen LogP contribution in [-0.2, 0) is 20.6 Å². The fourth-order valence-electron chi connectivity index (χ4n) is 1.84. The molecule has 0 aliphatic heterocycles. The van der Waals surface area contributed by atoms with Crippen molar-refractivity contribution in [3.8, 4) is 0 Å². The molecular weight excluding hydrogens is 387 g/mol. The van der Waals surface area contributed by atoms with Crippen molar-refractivity contribution < 1.29 is 22.5 Å². The number of aromatic nitrogens is 1. The summed E-state index contributed by atoms with van der Waals surface area (Å²) in [5.41, 5.74) is 0.881. The lowest BCUT2D eigenvalue weighted by molar-refractivity contribution is 0.108. The second-order valence-electron chi connectivity index (χ2n) is 4.34. The van der Waals surface area contributed by atoms with E-state index in [2.05, 4.69) is 5.16 Å². The van der Waals surface area contributed by atoms with Crippen LogP contribution in [-0.4, -0.2) is 32.7 Å². The third-order valence-corrected chi connectivity index (χ3v) is 6.30. The number of methoxy groups -OCH3 is 1. The lowest BCUT2D eigenvalue weighted by Gasteiger charge is -2.21. The van der Waals surface area contributed by atoms with Gasteiger partial charge in [0.05, 0.1) is 17.1 Å². The van der Waals surface area contributed by atoms with E-state index in [0.717, 1.165) is 15.6 Å². The van der Waals surface area contributed by atoms with Gasteiger partial charge in [0.15, 0.2) is 0 Å². The number of sulfonamides is 1. The van der Waals surface area contributed by atoms with Crippen LogP contribution < -0.4 is 4.31 Å². The molecule has 7 nitrogen and oxygen atoms in total. The van der Waals surface area contributed by atoms with Gasteiger partial charge in [-0.15, -0.1) is 22.9 Å². The first-order valence-electron chi connectivity index (χ1n) is 6.14. The Morgan fingerprint density at radius 3 is 2.78 bits per heavy atom. The van der Waals surface area contributed by atoms with E-state index in [1.54, 1.807) is 6.92 Å². The zero-order valence-corrected chi connectivity index (χ0v) is 15.2. The molecule has 0 N–H and O–H groups in total. The van der Waals surface area contributed by atoms with E-state index in [-0.39, 0.29) is 28.3 Å². The number of carbonyl (C=O) groups excluding carboxylic acids is 1. The third kappa shape index (κ3) is 3.38. The number of carbonyl (C=O) groups is 1. The van der Waals surface area contributed by atoms with E-state index >= 15 is 0 Å². The third-order valence-electron chi connectivity index (χ3n) is 2.95. The van der Waals surface area contributed by atoms with E-state index in [9.17, 15) is 13.2 Å². The van der Waals surface area contributed by atoms with Crippen molar-refractivity contribution in [1.82, 2.24) is 5.16 Å². The van der Waals surface area contributed by atoms with Gasteiger partial charge in [0.1, 0.15) is 16.5 Å². The molecule has 23 heavy (non-hydrogen) atoms. The molecule has 126 valence electrons. The largest absolute Gasteiger partial charge is 0.363 e. The lowest BCUT2D eigenvalue weighted by Crippen LogP contribution is -2.33. The first-order valence-corrected chi connectivity index (χ1v) is 9.38. The summed E-state index contributed by atoms with van der Waals surface area (Å²) < 4.78 is 36.7. The standard InChI is InChI=1S/C12H12Cl2N2O5S2/c1-7-8(5-13)12(21-15-7)16(6-20-2)23(18,19)9-3-4-22-10(9)11(14)17/h3-4H,5-6H2,1-2H3. The minimum atomic E-state index is -4.15. The molecule has 11 heteroatoms. The number of thiophene rings is 1. The number of hydrogen-bond donors (Lipinski definition) is 0. The maximum absolute atomic E-state index is 12.9. The van der Waals surface area contributed by atoms with Crippen LogP contribution in [0.5, 0.6) is 0 Å². The number of ether oxygens (including phenoxy) is 1. The Bertz CT molecular complexity index is 815. The summed E-state index contributed by atoms with van der Waals surface area (Å²) in [7, 11) is -2.82. The molecule has 0 unspecified atom stereocenters. The molecule has 2 aromatic rings. The summed E-state index contributed by atoms with van der Waals surface area (Å²) >= 11 is 12.2. The van der Waals surface area contributed by atoms with Crippen molar-refractivity contribution in [2.45, 2.75) is 17.7 Å². The average Bonchev–Trinajstić information content (AvgIpc) is 3.11. The summed E-state index contributed by atoms with van der Waals surface area (Å²) in [5, 5.41) is 4.33. The van der Waals surface area contributed by atoms with Gasteiger partial charge in [-0.1, -0.05) is 5.16 Å². The lowest BCUT2D eigenvalue weighted by atomic mass is 10.3. The number of aryl methyl sites for hydroxylation is 1. The summed E-state index contributed by atoms with van der Waals surface area (Å²) in [5.74, 6) is -0.0516. The molecule has 0 fully saturated rings. The fourth-order valence-corrected chi connectivity index (χ4v) is 5.02. The first kappa shape index (κ1) is 18.2. The summed E-state index contributed by atoms with van der Waals surface area (Å²) in [4.78, 5) is 11.1. The Morgan fingerprint density at radius 1 is 1.52 bits per heavy atom. The normalized spacial score (nSPS) is 11.7. The van der Waals surface area contributed by atoms with Crippen molar-refractivity contribution >= 4 is 55.7 Å². The van der Waals surface area contributed by atoms with Crippen LogP contribution >= 0.6 is 34.5 Å². The minimum Gasteiger partial charge on any atom is -0.363 e. The van der Waals surface area contributed by atoms with Crippen LogP contribution in [0.1, 0.15) is 20.9 Å². The molecule has 0 aliphatic carbocycles. The van der Waals surface area contributed by atoms with Gasteiger partial charge in [-0.05, 0) is 30.0 Å². The van der Waals surface area contributed by atoms with Crippen LogP contribution in [0.15, 0.2) is 20.9 Å². The molecule has 0 bridgehead atoms. The van der Waals surface area contributed by atoms with E-state index in [4.69, 9.17) is 32.5 Å². The molecule has 2 rings (SSSR count). The molecule has 0 atom stereocenters. The van der Waals surface area contributed by atoms with Gasteiger partial charge in [0, 0.05) is 7.11 Å². The van der Waals surface area contributed by atoms with E-state index in [1.807, 2.05) is 0 Å². The summed E-state index contributed by atoms with van der Waals surface area (Å²) in [6.07, 6.45) is 0. The van der Waals surface area contributed by atoms with Gasteiger partial charge >= 0.3 is 0 Å². The Balaban J connectivity index is 2.60. The number of nitrogens with zero attached hydrogens (tertiary/aromatic N) is 2. The smallest absolute Gasteiger partial charge is 0.270 e. The van der Waals surface area contributed by atoms with Gasteiger partial charge < -0.3 is 9.26 Å². The van der Waals surface area contributed by atoms with Crippen molar-refractivity contribution in [2.24, 2.45) is 0 Å². The van der Waals surface area contributed by atoms with Crippen LogP contribution in [0.25, 0.3) is 0 Å². The number of halogens is 2. The molecule has 0 saturated heterocycles. The second-order valence-corrected chi connectivity index (χ2v) is 7.70. The molecular formula is C12H12Cl2N2O5S2. The molecule has 0 spiro atoms. The Kier molecular flexibility index (Phi) is 5.69. The quantitative estimate of drug-likeness (QED) is 0.404. The van der Waals surface area contributed by atoms with Gasteiger partial charge in [-0.2, -0.15) is 0 Å². The maximum atomic E-state index is 12.9. The van der Waals surface area contributed by atoms with Crippen molar-refractivity contribution in [1.29, 1.82) is 0 Å². The van der Waals surface area contributed by atoms with Gasteiger partial charge in [0.25, 0.3) is 15.3 Å². The number of anilines is 1. The number of hydrogen-bond acceptors (Lipinski definition) is 7. The zero-order valence-electron chi connectivity index (χ0n) is 12.1. The highest BCUT2D eigenvalue weighted by atomic mass is 35.5. The van der Waals surface area contributed by atoms with Crippen molar-refractivity contribution in [3.63, 3.8) is 0 Å². The van der Waals surface area contributed by atoms with Crippen LogP contribution in [0.4, 0.5) is 5.88 Å². The molecule has 0 amide bonds. The highest BCUT2D eigenvalue weighted by molar-refractivity contribution is 7.93. The minimum absolute atomic E-state index is 0.00529. The van der Waals surface area contributed by atoms with E-state index < -0.39 is 15.3 Å². The number of alkyl halides is 1. The van der Waals surface area contributed by atoms with E-state index in [0.29, 0.717) is 11.3 Å². The van der Waals surface area contributed by atoms with Gasteiger partial charge in [0.2, 0.25) is 5.88 Å². The summed E-state index contributed by atoms with van der Waals surface area (Å²) in [6, 6.07) is 1.29. The van der Waals surface area contributed by atoms with Crippen molar-refractivity contribution in [3.05, 3.63) is 27.6 Å². The molecule has 0 aromatic carbocycles. The predicted molar refractivity (Wildman–Crippen MR) is 86.8 cm³/mol. The molecule has 0 saturated carbocycles. The Morgan fingerprint density at radius 2 is 2.22 bits per heavy atom. The topological polar surface area (TPSA) is 89.7 Å². The van der Waals surface area contributed by atoms with Crippen LogP contribution in [0.2, 0.25) is 0 Å². The fraction of sp³-hybridized carbons (Fsp3) is 0.333. The highest BCUT2D eigenvalue weighted by Crippen LogP contribution is 2.33. The van der Waals surface area contributed by atoms with Gasteiger partial charge in [-0.3, -0.25) is 4.79 Å². The Hall–Kier alpha value is -1.13. The van der Waals surface area contributed by atoms with Crippen LogP contribution in [0, 0.1) is 6.92 Å². The average molecular weight is 399 g/mol. The Labute approximate surface area is 146 Å². The molecule has 2 heterocycles. The SMILES string of the molecule is COCN(c1onc(C)c1CCl)S(=O)(=O)c1ccsc1C(=O)Cl. The summed E-state index contributed by atoms with van der Waals surface area (Å²) in [6.45, 7) is 1.30. The van der Waals surface area contributed by atoms with E-state index in [1.165, 1.54) is 18.6 Å². The van der Waals surface area contributed by atoms with Gasteiger partial charge in [-0.25, -0.2) is 12.7 Å². The monoisotopic (exact) mass is 398 g/mol. The zero-order chi connectivity index (χ0) is 17.2.